The number of nitrogens with one attached hydrogen (secondary N) is 1. The number of hydrogen-bond acceptors (Lipinski definition) is 3. The molecular formula is C12H15ClFNO3S. The molecule has 0 saturated heterocycles. The first kappa shape index (κ1) is 14.7. The van der Waals surface area contributed by atoms with Gasteiger partial charge in [-0.2, -0.15) is 0 Å². The summed E-state index contributed by atoms with van der Waals surface area (Å²) >= 11 is 5.62. The molecule has 1 aromatic carbocycles. The van der Waals surface area contributed by atoms with Crippen molar-refractivity contribution in [3.63, 3.8) is 0 Å². The molecule has 4 nitrogen and oxygen atoms in total. The molecule has 2 N–H and O–H groups in total. The van der Waals surface area contributed by atoms with Gasteiger partial charge < -0.3 is 5.11 Å². The molecule has 1 aliphatic rings. The second-order valence-corrected chi connectivity index (χ2v) is 6.81. The number of benzene rings is 1. The number of aliphatic hydroxyl groups excluding tert-OH is 1. The van der Waals surface area contributed by atoms with Gasteiger partial charge >= 0.3 is 0 Å². The van der Waals surface area contributed by atoms with Crippen molar-refractivity contribution in [1.29, 1.82) is 0 Å². The fourth-order valence-electron chi connectivity index (χ4n) is 1.78. The van der Waals surface area contributed by atoms with Crippen molar-refractivity contribution >= 4 is 21.6 Å². The van der Waals surface area contributed by atoms with Crippen LogP contribution >= 0.6 is 11.6 Å². The average Bonchev–Trinajstić information content (AvgIpc) is 3.16. The summed E-state index contributed by atoms with van der Waals surface area (Å²) in [6, 6.07) is 2.05. The third kappa shape index (κ3) is 3.66. The van der Waals surface area contributed by atoms with Crippen LogP contribution in [0.15, 0.2) is 17.0 Å². The van der Waals surface area contributed by atoms with Crippen LogP contribution in [0, 0.1) is 11.7 Å². The molecule has 0 bridgehead atoms. The second-order valence-electron chi connectivity index (χ2n) is 4.67. The highest BCUT2D eigenvalue weighted by Gasteiger charge is 2.23. The standard InChI is InChI=1S/C12H15ClFNO3S/c13-12-9(7-16)5-10(6-11(12)14)19(17,18)15-4-3-8-1-2-8/h5-6,8,15-16H,1-4,7H2. The number of halogens is 2. The van der Waals surface area contributed by atoms with Crippen LogP contribution in [-0.4, -0.2) is 20.1 Å². The third-order valence-electron chi connectivity index (χ3n) is 3.10. The Labute approximate surface area is 116 Å². The van der Waals surface area contributed by atoms with Crippen LogP contribution in [0.2, 0.25) is 5.02 Å². The monoisotopic (exact) mass is 307 g/mol. The van der Waals surface area contributed by atoms with Crippen molar-refractivity contribution in [2.45, 2.75) is 30.8 Å². The maximum Gasteiger partial charge on any atom is 0.240 e. The Bertz CT molecular complexity index is 573. The van der Waals surface area contributed by atoms with E-state index in [2.05, 4.69) is 4.72 Å². The SMILES string of the molecule is O=S(=O)(NCCC1CC1)c1cc(F)c(Cl)c(CO)c1. The lowest BCUT2D eigenvalue weighted by Gasteiger charge is -2.09. The number of sulfonamides is 1. The zero-order valence-electron chi connectivity index (χ0n) is 10.2. The molecule has 0 unspecified atom stereocenters. The van der Waals surface area contributed by atoms with E-state index in [1.807, 2.05) is 0 Å². The molecule has 1 fully saturated rings. The normalized spacial score (nSPS) is 15.7. The van der Waals surface area contributed by atoms with Crippen LogP contribution in [0.5, 0.6) is 0 Å². The first-order valence-electron chi connectivity index (χ1n) is 6.02. The van der Waals surface area contributed by atoms with Crippen molar-refractivity contribution in [3.8, 4) is 0 Å². The lowest BCUT2D eigenvalue weighted by Crippen LogP contribution is -2.25. The highest BCUT2D eigenvalue weighted by atomic mass is 35.5. The lowest BCUT2D eigenvalue weighted by molar-refractivity contribution is 0.281. The van der Waals surface area contributed by atoms with E-state index in [0.29, 0.717) is 12.5 Å². The molecule has 2 rings (SSSR count). The Kier molecular flexibility index (Phi) is 4.45. The minimum absolute atomic E-state index is 0.0595. The molecule has 0 spiro atoms. The topological polar surface area (TPSA) is 66.4 Å². The largest absolute Gasteiger partial charge is 0.392 e. The van der Waals surface area contributed by atoms with Gasteiger partial charge in [0.05, 0.1) is 16.5 Å². The highest BCUT2D eigenvalue weighted by molar-refractivity contribution is 7.89. The van der Waals surface area contributed by atoms with Crippen LogP contribution in [0.3, 0.4) is 0 Å². The maximum absolute atomic E-state index is 13.5. The van der Waals surface area contributed by atoms with E-state index in [1.165, 1.54) is 6.07 Å². The van der Waals surface area contributed by atoms with E-state index >= 15 is 0 Å². The van der Waals surface area contributed by atoms with Gasteiger partial charge in [-0.15, -0.1) is 0 Å². The van der Waals surface area contributed by atoms with E-state index in [-0.39, 0.29) is 15.5 Å². The minimum atomic E-state index is -3.76. The van der Waals surface area contributed by atoms with Gasteiger partial charge in [-0.05, 0) is 24.5 Å². The predicted octanol–water partition coefficient (Wildman–Crippen LogP) is 2.05. The molecule has 1 saturated carbocycles. The van der Waals surface area contributed by atoms with Crippen LogP contribution < -0.4 is 4.72 Å². The van der Waals surface area contributed by atoms with Gasteiger partial charge in [-0.1, -0.05) is 24.4 Å². The number of hydrogen-bond donors (Lipinski definition) is 2. The van der Waals surface area contributed by atoms with Gasteiger partial charge in [0.25, 0.3) is 0 Å². The van der Waals surface area contributed by atoms with E-state index in [4.69, 9.17) is 16.7 Å². The fourth-order valence-corrected chi connectivity index (χ4v) is 3.05. The first-order chi connectivity index (χ1) is 8.94. The second kappa shape index (κ2) is 5.75. The molecule has 19 heavy (non-hydrogen) atoms. The summed E-state index contributed by atoms with van der Waals surface area (Å²) in [5.41, 5.74) is 0.0595. The summed E-state index contributed by atoms with van der Waals surface area (Å²) < 4.78 is 39.8. The molecule has 0 atom stereocenters. The summed E-state index contributed by atoms with van der Waals surface area (Å²) in [6.07, 6.45) is 3.08. The van der Waals surface area contributed by atoms with E-state index in [1.54, 1.807) is 0 Å². The summed E-state index contributed by atoms with van der Waals surface area (Å²) in [4.78, 5) is -0.214. The Morgan fingerprint density at radius 2 is 2.11 bits per heavy atom. The summed E-state index contributed by atoms with van der Waals surface area (Å²) in [7, 11) is -3.76. The minimum Gasteiger partial charge on any atom is -0.392 e. The zero-order valence-corrected chi connectivity index (χ0v) is 11.8. The fraction of sp³-hybridized carbons (Fsp3) is 0.500. The summed E-state index contributed by atoms with van der Waals surface area (Å²) in [5.74, 6) is -0.242. The van der Waals surface area contributed by atoms with E-state index in [9.17, 15) is 12.8 Å². The molecule has 0 radical (unpaired) electrons. The number of aliphatic hydroxyl groups is 1. The molecule has 0 amide bonds. The van der Waals surface area contributed by atoms with Crippen molar-refractivity contribution in [2.75, 3.05) is 6.54 Å². The van der Waals surface area contributed by atoms with Crippen molar-refractivity contribution in [3.05, 3.63) is 28.5 Å². The molecule has 0 aliphatic heterocycles. The van der Waals surface area contributed by atoms with Gasteiger partial charge in [0.1, 0.15) is 5.82 Å². The van der Waals surface area contributed by atoms with Crippen LogP contribution in [0.4, 0.5) is 4.39 Å². The molecule has 1 aromatic rings. The van der Waals surface area contributed by atoms with Crippen LogP contribution in [0.25, 0.3) is 0 Å². The van der Waals surface area contributed by atoms with Gasteiger partial charge in [-0.3, -0.25) is 0 Å². The van der Waals surface area contributed by atoms with Gasteiger partial charge in [-0.25, -0.2) is 17.5 Å². The van der Waals surface area contributed by atoms with Gasteiger partial charge in [0.15, 0.2) is 0 Å². The molecular weight excluding hydrogens is 293 g/mol. The Morgan fingerprint density at radius 1 is 1.42 bits per heavy atom. The lowest BCUT2D eigenvalue weighted by atomic mass is 10.2. The smallest absolute Gasteiger partial charge is 0.240 e. The summed E-state index contributed by atoms with van der Waals surface area (Å²) in [6.45, 7) is -0.174. The van der Waals surface area contributed by atoms with Crippen LogP contribution in [-0.2, 0) is 16.6 Å². The van der Waals surface area contributed by atoms with Crippen molar-refractivity contribution < 1.29 is 17.9 Å². The Balaban J connectivity index is 2.16. The van der Waals surface area contributed by atoms with E-state index in [0.717, 1.165) is 25.3 Å². The zero-order chi connectivity index (χ0) is 14.0. The maximum atomic E-state index is 13.5. The highest BCUT2D eigenvalue weighted by Crippen LogP contribution is 2.32. The molecule has 7 heteroatoms. The van der Waals surface area contributed by atoms with Crippen molar-refractivity contribution in [1.82, 2.24) is 4.72 Å². The molecule has 0 aromatic heterocycles. The first-order valence-corrected chi connectivity index (χ1v) is 7.88. The quantitative estimate of drug-likeness (QED) is 0.845. The predicted molar refractivity (Wildman–Crippen MR) is 69.9 cm³/mol. The molecule has 106 valence electrons. The van der Waals surface area contributed by atoms with Gasteiger partial charge in [0, 0.05) is 12.1 Å². The van der Waals surface area contributed by atoms with Crippen LogP contribution in [0.1, 0.15) is 24.8 Å². The Morgan fingerprint density at radius 3 is 2.68 bits per heavy atom. The molecule has 0 heterocycles. The van der Waals surface area contributed by atoms with E-state index < -0.39 is 22.4 Å². The molecule has 1 aliphatic carbocycles. The number of rotatable bonds is 6. The average molecular weight is 308 g/mol. The van der Waals surface area contributed by atoms with Gasteiger partial charge in [0.2, 0.25) is 10.0 Å². The Hall–Kier alpha value is -0.690. The van der Waals surface area contributed by atoms with Crippen molar-refractivity contribution in [2.24, 2.45) is 5.92 Å². The third-order valence-corrected chi connectivity index (χ3v) is 4.96. The summed E-state index contributed by atoms with van der Waals surface area (Å²) in [5, 5.41) is 8.77.